The Morgan fingerprint density at radius 3 is 1.62 bits per heavy atom. The highest BCUT2D eigenvalue weighted by atomic mass is 32.1. The normalized spacial score (nSPS) is 11.4. The topological polar surface area (TPSA) is 44.0 Å². The summed E-state index contributed by atoms with van der Waals surface area (Å²) in [5.74, 6) is 0. The highest BCUT2D eigenvalue weighted by Gasteiger charge is 2.11. The third-order valence-electron chi connectivity index (χ3n) is 3.43. The van der Waals surface area contributed by atoms with Crippen molar-refractivity contribution in [2.45, 2.75) is 6.67 Å². The maximum absolute atomic E-state index is 12.2. The molecule has 2 heterocycles. The van der Waals surface area contributed by atoms with Crippen LogP contribution in [0.2, 0.25) is 0 Å². The van der Waals surface area contributed by atoms with Crippen molar-refractivity contribution in [3.8, 4) is 0 Å². The minimum atomic E-state index is -0.0432. The Balaban J connectivity index is 1.95. The molecule has 0 amide bonds. The number of aromatic nitrogens is 2. The van der Waals surface area contributed by atoms with E-state index in [2.05, 4.69) is 0 Å². The van der Waals surface area contributed by atoms with Gasteiger partial charge >= 0.3 is 9.75 Å². The van der Waals surface area contributed by atoms with E-state index < -0.39 is 0 Å². The van der Waals surface area contributed by atoms with Crippen LogP contribution < -0.4 is 9.75 Å². The zero-order valence-electron chi connectivity index (χ0n) is 10.9. The Hall–Kier alpha value is -2.18. The SMILES string of the molecule is O=c1sc2ccccc2n1Cn1c(=O)sc2ccccc21. The van der Waals surface area contributed by atoms with Gasteiger partial charge in [-0.15, -0.1) is 0 Å². The van der Waals surface area contributed by atoms with E-state index >= 15 is 0 Å². The predicted octanol–water partition coefficient (Wildman–Crippen LogP) is 2.95. The van der Waals surface area contributed by atoms with E-state index in [1.165, 1.54) is 22.7 Å². The number of benzene rings is 2. The number of para-hydroxylation sites is 2. The van der Waals surface area contributed by atoms with Crippen molar-refractivity contribution < 1.29 is 0 Å². The van der Waals surface area contributed by atoms with E-state index in [0.29, 0.717) is 0 Å². The number of nitrogens with zero attached hydrogens (tertiary/aromatic N) is 2. The molecule has 4 rings (SSSR count). The molecule has 0 N–H and O–H groups in total. The zero-order valence-corrected chi connectivity index (χ0v) is 12.5. The summed E-state index contributed by atoms with van der Waals surface area (Å²) >= 11 is 2.41. The second kappa shape index (κ2) is 4.68. The van der Waals surface area contributed by atoms with Gasteiger partial charge in [0.1, 0.15) is 6.67 Å². The highest BCUT2D eigenvalue weighted by Crippen LogP contribution is 2.19. The molecule has 0 atom stereocenters. The first kappa shape index (κ1) is 12.6. The van der Waals surface area contributed by atoms with Crippen LogP contribution in [0, 0.1) is 0 Å². The van der Waals surface area contributed by atoms with Crippen molar-refractivity contribution in [3.05, 3.63) is 67.9 Å². The van der Waals surface area contributed by atoms with Crippen LogP contribution in [0.5, 0.6) is 0 Å². The third kappa shape index (κ3) is 1.95. The first-order valence-electron chi connectivity index (χ1n) is 6.41. The monoisotopic (exact) mass is 314 g/mol. The fourth-order valence-electron chi connectivity index (χ4n) is 2.44. The Kier molecular flexibility index (Phi) is 2.80. The minimum Gasteiger partial charge on any atom is -0.280 e. The van der Waals surface area contributed by atoms with E-state index in [9.17, 15) is 9.59 Å². The fraction of sp³-hybridized carbons (Fsp3) is 0.0667. The second-order valence-corrected chi connectivity index (χ2v) is 6.66. The lowest BCUT2D eigenvalue weighted by atomic mass is 10.3. The van der Waals surface area contributed by atoms with Crippen LogP contribution in [0.4, 0.5) is 0 Å². The standard InChI is InChI=1S/C15H10N2O2S2/c18-14-16(10-5-1-3-7-12(10)20-14)9-17-11-6-2-4-8-13(11)21-15(17)19/h1-8H,9H2. The molecule has 0 saturated carbocycles. The van der Waals surface area contributed by atoms with Crippen LogP contribution in [0.15, 0.2) is 58.1 Å². The number of rotatable bonds is 2. The van der Waals surface area contributed by atoms with E-state index in [1.807, 2.05) is 48.5 Å². The number of thiazole rings is 2. The van der Waals surface area contributed by atoms with Gasteiger partial charge in [-0.25, -0.2) is 0 Å². The number of hydrogen-bond donors (Lipinski definition) is 0. The Bertz CT molecular complexity index is 982. The van der Waals surface area contributed by atoms with Crippen molar-refractivity contribution in [2.24, 2.45) is 0 Å². The van der Waals surface area contributed by atoms with Crippen LogP contribution in [-0.2, 0) is 6.67 Å². The number of fused-ring (bicyclic) bond motifs is 2. The van der Waals surface area contributed by atoms with Crippen molar-refractivity contribution >= 4 is 43.1 Å². The van der Waals surface area contributed by atoms with Gasteiger partial charge in [0, 0.05) is 0 Å². The Morgan fingerprint density at radius 1 is 0.714 bits per heavy atom. The van der Waals surface area contributed by atoms with E-state index in [-0.39, 0.29) is 16.4 Å². The highest BCUT2D eigenvalue weighted by molar-refractivity contribution is 7.16. The average molecular weight is 314 g/mol. The molecule has 0 aliphatic heterocycles. The summed E-state index contributed by atoms with van der Waals surface area (Å²) in [6.45, 7) is 0.256. The van der Waals surface area contributed by atoms with Crippen LogP contribution in [0.1, 0.15) is 0 Å². The summed E-state index contributed by atoms with van der Waals surface area (Å²) in [4.78, 5) is 24.3. The van der Waals surface area contributed by atoms with Gasteiger partial charge in [0.2, 0.25) is 0 Å². The third-order valence-corrected chi connectivity index (χ3v) is 5.35. The van der Waals surface area contributed by atoms with E-state index in [1.54, 1.807) is 9.13 Å². The fourth-order valence-corrected chi connectivity index (χ4v) is 4.20. The maximum Gasteiger partial charge on any atom is 0.309 e. The quantitative estimate of drug-likeness (QED) is 0.571. The van der Waals surface area contributed by atoms with Gasteiger partial charge < -0.3 is 0 Å². The first-order chi connectivity index (χ1) is 10.2. The van der Waals surface area contributed by atoms with Gasteiger partial charge in [-0.1, -0.05) is 46.9 Å². The van der Waals surface area contributed by atoms with Gasteiger partial charge in [-0.2, -0.15) is 0 Å². The smallest absolute Gasteiger partial charge is 0.280 e. The van der Waals surface area contributed by atoms with Crippen molar-refractivity contribution in [1.82, 2.24) is 9.13 Å². The van der Waals surface area contributed by atoms with Crippen molar-refractivity contribution in [2.75, 3.05) is 0 Å². The van der Waals surface area contributed by atoms with Crippen LogP contribution in [0.3, 0.4) is 0 Å². The molecule has 0 fully saturated rings. The average Bonchev–Trinajstić information content (AvgIpc) is 2.97. The predicted molar refractivity (Wildman–Crippen MR) is 87.6 cm³/mol. The molecule has 0 unspecified atom stereocenters. The van der Waals surface area contributed by atoms with E-state index in [0.717, 1.165) is 20.4 Å². The molecule has 4 aromatic rings. The molecular weight excluding hydrogens is 304 g/mol. The molecule has 21 heavy (non-hydrogen) atoms. The molecule has 0 spiro atoms. The van der Waals surface area contributed by atoms with Gasteiger partial charge in [0.25, 0.3) is 0 Å². The second-order valence-electron chi connectivity index (χ2n) is 4.67. The summed E-state index contributed by atoms with van der Waals surface area (Å²) in [6, 6.07) is 15.3. The molecule has 104 valence electrons. The van der Waals surface area contributed by atoms with E-state index in [4.69, 9.17) is 0 Å². The summed E-state index contributed by atoms with van der Waals surface area (Å²) in [5.41, 5.74) is 1.74. The Labute approximate surface area is 127 Å². The summed E-state index contributed by atoms with van der Waals surface area (Å²) < 4.78 is 5.19. The molecule has 6 heteroatoms. The molecule has 0 bridgehead atoms. The van der Waals surface area contributed by atoms with Crippen LogP contribution in [-0.4, -0.2) is 9.13 Å². The molecule has 0 radical (unpaired) electrons. The largest absolute Gasteiger partial charge is 0.309 e. The van der Waals surface area contributed by atoms with Gasteiger partial charge in [-0.3, -0.25) is 18.7 Å². The molecule has 0 saturated heterocycles. The Morgan fingerprint density at radius 2 is 1.14 bits per heavy atom. The first-order valence-corrected chi connectivity index (χ1v) is 8.04. The van der Waals surface area contributed by atoms with Gasteiger partial charge in [0.05, 0.1) is 20.4 Å². The molecule has 4 nitrogen and oxygen atoms in total. The summed E-state index contributed by atoms with van der Waals surface area (Å²) in [5, 5.41) is 0. The van der Waals surface area contributed by atoms with Gasteiger partial charge in [-0.05, 0) is 24.3 Å². The van der Waals surface area contributed by atoms with Crippen molar-refractivity contribution in [1.29, 1.82) is 0 Å². The lowest BCUT2D eigenvalue weighted by Crippen LogP contribution is -2.23. The maximum atomic E-state index is 12.2. The summed E-state index contributed by atoms with van der Waals surface area (Å²) in [6.07, 6.45) is 0. The van der Waals surface area contributed by atoms with Crippen molar-refractivity contribution in [3.63, 3.8) is 0 Å². The number of hydrogen-bond acceptors (Lipinski definition) is 4. The lowest BCUT2D eigenvalue weighted by Gasteiger charge is -2.05. The molecule has 2 aromatic heterocycles. The molecule has 0 aliphatic rings. The molecule has 0 aliphatic carbocycles. The minimum absolute atomic E-state index is 0.0432. The lowest BCUT2D eigenvalue weighted by molar-refractivity contribution is 0.626. The molecule has 2 aromatic carbocycles. The van der Waals surface area contributed by atoms with Crippen LogP contribution in [0.25, 0.3) is 20.4 Å². The van der Waals surface area contributed by atoms with Crippen LogP contribution >= 0.6 is 22.7 Å². The molecular formula is C15H10N2O2S2. The summed E-state index contributed by atoms with van der Waals surface area (Å²) in [7, 11) is 0. The zero-order chi connectivity index (χ0) is 14.4. The van der Waals surface area contributed by atoms with Gasteiger partial charge in [0.15, 0.2) is 0 Å².